The van der Waals surface area contributed by atoms with Crippen LogP contribution in [0, 0.1) is 17.8 Å². The first-order valence-electron chi connectivity index (χ1n) is 17.8. The van der Waals surface area contributed by atoms with Crippen LogP contribution < -0.4 is 16.0 Å². The van der Waals surface area contributed by atoms with E-state index in [1.807, 2.05) is 13.8 Å². The molecule has 1 aliphatic rings. The number of nitrogens with one attached hydrogen (secondary N) is 3. The topological polar surface area (TPSA) is 165 Å². The van der Waals surface area contributed by atoms with E-state index in [4.69, 9.17) is 0 Å². The molecule has 3 N–H and O–H groups in total. The van der Waals surface area contributed by atoms with Crippen molar-refractivity contribution in [1.82, 2.24) is 30.7 Å². The molecule has 0 saturated carbocycles. The van der Waals surface area contributed by atoms with Gasteiger partial charge in [-0.2, -0.15) is 13.2 Å². The molecule has 1 aromatic rings. The lowest BCUT2D eigenvalue weighted by Gasteiger charge is -2.35. The lowest BCUT2D eigenvalue weighted by Crippen LogP contribution is -2.60. The standard InChI is InChI=1S/C37H55F3N6O7/c1-21(2)15-26-35(52)46(9)29(18-25-13-11-10-12-14-25)33(50)41-20-31(48)44(7)24(6)30(47)17-23(5)32(49)43-27(19-37(38,39)40)36(53)45(8)28(16-22(3)4)34(51)42-26/h10-14,21-24,26-29H,15-20H2,1-9H3,(H,41,50)(H,42,51)(H,43,49)/t23-,24-,26-,27-,28-,29-/m0/s1. The van der Waals surface area contributed by atoms with Crippen LogP contribution in [-0.2, 0) is 40.0 Å². The summed E-state index contributed by atoms with van der Waals surface area (Å²) in [4.78, 5) is 98.3. The third kappa shape index (κ3) is 13.5. The number of rotatable bonds is 7. The van der Waals surface area contributed by atoms with Crippen LogP contribution in [-0.4, -0.2) is 120 Å². The number of carbonyl (C=O) groups is 7. The number of nitrogens with zero attached hydrogens (tertiary/aromatic N) is 3. The molecule has 53 heavy (non-hydrogen) atoms. The van der Waals surface area contributed by atoms with Crippen LogP contribution in [0.4, 0.5) is 13.2 Å². The molecule has 296 valence electrons. The Labute approximate surface area is 309 Å². The van der Waals surface area contributed by atoms with Gasteiger partial charge in [-0.3, -0.25) is 33.6 Å². The summed E-state index contributed by atoms with van der Waals surface area (Å²) in [5, 5.41) is 7.41. The van der Waals surface area contributed by atoms with E-state index in [1.165, 1.54) is 32.8 Å². The van der Waals surface area contributed by atoms with Gasteiger partial charge in [0.2, 0.25) is 35.4 Å². The minimum atomic E-state index is -4.89. The van der Waals surface area contributed by atoms with E-state index in [2.05, 4.69) is 16.0 Å². The molecule has 0 aromatic heterocycles. The number of hydrogen-bond acceptors (Lipinski definition) is 7. The highest BCUT2D eigenvalue weighted by molar-refractivity contribution is 5.97. The highest BCUT2D eigenvalue weighted by atomic mass is 19.4. The van der Waals surface area contributed by atoms with Gasteiger partial charge in [-0.05, 0) is 37.2 Å². The highest BCUT2D eigenvalue weighted by Crippen LogP contribution is 2.24. The number of Topliss-reactive ketones (excluding diaryl/α,β-unsaturated/α-hetero) is 1. The van der Waals surface area contributed by atoms with Gasteiger partial charge < -0.3 is 30.7 Å². The first kappa shape index (κ1) is 44.7. The second-order valence-corrected chi connectivity index (χ2v) is 14.8. The lowest BCUT2D eigenvalue weighted by molar-refractivity contribution is -0.158. The van der Waals surface area contributed by atoms with Gasteiger partial charge >= 0.3 is 6.18 Å². The Morgan fingerprint density at radius 1 is 0.717 bits per heavy atom. The van der Waals surface area contributed by atoms with Gasteiger partial charge in [0.1, 0.15) is 24.2 Å². The maximum atomic E-state index is 14.2. The molecule has 13 nitrogen and oxygen atoms in total. The van der Waals surface area contributed by atoms with Crippen LogP contribution in [0.5, 0.6) is 0 Å². The average Bonchev–Trinajstić information content (AvgIpc) is 3.08. The molecule has 1 fully saturated rings. The van der Waals surface area contributed by atoms with Crippen molar-refractivity contribution in [3.8, 4) is 0 Å². The third-order valence-corrected chi connectivity index (χ3v) is 9.38. The summed E-state index contributed by atoms with van der Waals surface area (Å²) < 4.78 is 41.4. The average molecular weight is 753 g/mol. The molecular formula is C37H55F3N6O7. The lowest BCUT2D eigenvalue weighted by atomic mass is 9.97. The Hall–Kier alpha value is -4.50. The van der Waals surface area contributed by atoms with E-state index in [0.717, 1.165) is 16.8 Å². The fourth-order valence-corrected chi connectivity index (χ4v) is 6.04. The molecule has 1 aromatic carbocycles. The highest BCUT2D eigenvalue weighted by Gasteiger charge is 2.42. The Balaban J connectivity index is 2.69. The summed E-state index contributed by atoms with van der Waals surface area (Å²) in [6.45, 7) is 9.30. The number of amides is 6. The molecule has 1 aliphatic heterocycles. The Bertz CT molecular complexity index is 1470. The molecule has 6 amide bonds. The molecule has 0 aliphatic carbocycles. The molecule has 6 atom stereocenters. The number of benzene rings is 1. The Morgan fingerprint density at radius 3 is 1.79 bits per heavy atom. The molecule has 0 unspecified atom stereocenters. The van der Waals surface area contributed by atoms with Gasteiger partial charge in [0.05, 0.1) is 19.0 Å². The van der Waals surface area contributed by atoms with Crippen LogP contribution in [0.25, 0.3) is 0 Å². The summed E-state index contributed by atoms with van der Waals surface area (Å²) in [5.41, 5.74) is 0.702. The number of hydrogen-bond donors (Lipinski definition) is 3. The van der Waals surface area contributed by atoms with Crippen LogP contribution >= 0.6 is 0 Å². The first-order valence-corrected chi connectivity index (χ1v) is 17.8. The molecule has 0 radical (unpaired) electrons. The number of carbonyl (C=O) groups excluding carboxylic acids is 7. The van der Waals surface area contributed by atoms with Crippen molar-refractivity contribution in [3.63, 3.8) is 0 Å². The molecule has 0 spiro atoms. The normalized spacial score (nSPS) is 25.7. The number of alkyl halides is 3. The van der Waals surface area contributed by atoms with Gasteiger partial charge in [-0.1, -0.05) is 65.0 Å². The summed E-state index contributed by atoms with van der Waals surface area (Å²) in [6, 6.07) is 1.92. The fourth-order valence-electron chi connectivity index (χ4n) is 6.04. The monoisotopic (exact) mass is 752 g/mol. The summed E-state index contributed by atoms with van der Waals surface area (Å²) in [7, 11) is 3.88. The van der Waals surface area contributed by atoms with Crippen LogP contribution in [0.3, 0.4) is 0 Å². The minimum Gasteiger partial charge on any atom is -0.345 e. The van der Waals surface area contributed by atoms with Gasteiger partial charge in [0.25, 0.3) is 0 Å². The second-order valence-electron chi connectivity index (χ2n) is 14.8. The van der Waals surface area contributed by atoms with Crippen molar-refractivity contribution in [1.29, 1.82) is 0 Å². The minimum absolute atomic E-state index is 0.00254. The van der Waals surface area contributed by atoms with Crippen molar-refractivity contribution in [2.75, 3.05) is 27.7 Å². The molecule has 2 rings (SSSR count). The zero-order valence-corrected chi connectivity index (χ0v) is 32.1. The smallest absolute Gasteiger partial charge is 0.345 e. The fraction of sp³-hybridized carbons (Fsp3) is 0.649. The van der Waals surface area contributed by atoms with E-state index in [-0.39, 0.29) is 31.1 Å². The van der Waals surface area contributed by atoms with E-state index in [1.54, 1.807) is 44.2 Å². The van der Waals surface area contributed by atoms with Crippen LogP contribution in [0.1, 0.15) is 72.8 Å². The number of halogens is 3. The van der Waals surface area contributed by atoms with Crippen LogP contribution in [0.2, 0.25) is 0 Å². The van der Waals surface area contributed by atoms with Gasteiger partial charge in [-0.25, -0.2) is 0 Å². The van der Waals surface area contributed by atoms with Crippen molar-refractivity contribution in [2.24, 2.45) is 17.8 Å². The molecule has 16 heteroatoms. The Kier molecular flexibility index (Phi) is 16.5. The zero-order valence-electron chi connectivity index (χ0n) is 32.1. The molecule has 1 saturated heterocycles. The van der Waals surface area contributed by atoms with Gasteiger partial charge in [0, 0.05) is 39.9 Å². The quantitative estimate of drug-likeness (QED) is 0.385. The summed E-state index contributed by atoms with van der Waals surface area (Å²) >= 11 is 0. The van der Waals surface area contributed by atoms with E-state index in [0.29, 0.717) is 5.56 Å². The maximum absolute atomic E-state index is 14.2. The molecule has 1 heterocycles. The van der Waals surface area contributed by atoms with E-state index >= 15 is 0 Å². The molecule has 0 bridgehead atoms. The summed E-state index contributed by atoms with van der Waals surface area (Å²) in [6.07, 6.45) is -6.95. The van der Waals surface area contributed by atoms with Gasteiger partial charge in [0.15, 0.2) is 5.78 Å². The maximum Gasteiger partial charge on any atom is 0.391 e. The first-order chi connectivity index (χ1) is 24.5. The summed E-state index contributed by atoms with van der Waals surface area (Å²) in [5.74, 6) is -7.15. The molecular weight excluding hydrogens is 697 g/mol. The van der Waals surface area contributed by atoms with Crippen molar-refractivity contribution < 1.29 is 46.7 Å². The number of likely N-dealkylation sites (N-methyl/N-ethyl adjacent to an activating group) is 3. The predicted octanol–water partition coefficient (Wildman–Crippen LogP) is 2.47. The van der Waals surface area contributed by atoms with E-state index in [9.17, 15) is 46.7 Å². The largest absolute Gasteiger partial charge is 0.391 e. The zero-order chi connectivity index (χ0) is 40.4. The SMILES string of the molecule is CC(C)C[C@@H]1NC(=O)[C@H](CC(C)C)N(C)C(=O)[C@H](CC(F)(F)F)NC(=O)[C@@H](C)CC(=O)[C@H](C)N(C)C(=O)CNC(=O)[C@H](Cc2ccccc2)N(C)C1=O. The van der Waals surface area contributed by atoms with Crippen molar-refractivity contribution >= 4 is 41.2 Å². The predicted molar refractivity (Wildman–Crippen MR) is 191 cm³/mol. The van der Waals surface area contributed by atoms with Crippen molar-refractivity contribution in [2.45, 2.75) is 110 Å². The van der Waals surface area contributed by atoms with E-state index < -0.39 is 103 Å². The van der Waals surface area contributed by atoms with Crippen LogP contribution in [0.15, 0.2) is 30.3 Å². The second kappa shape index (κ2) is 19.5. The third-order valence-electron chi connectivity index (χ3n) is 9.38. The van der Waals surface area contributed by atoms with Crippen molar-refractivity contribution in [3.05, 3.63) is 35.9 Å². The number of ketones is 1. The Morgan fingerprint density at radius 2 is 1.25 bits per heavy atom. The van der Waals surface area contributed by atoms with Gasteiger partial charge in [-0.15, -0.1) is 0 Å².